The third-order valence-electron chi connectivity index (χ3n) is 3.33. The minimum atomic E-state index is -0.439. The maximum absolute atomic E-state index is 13.7. The van der Waals surface area contributed by atoms with E-state index in [-0.39, 0.29) is 22.7 Å². The Hall–Kier alpha value is -1.81. The second-order valence-electron chi connectivity index (χ2n) is 4.41. The fourth-order valence-corrected chi connectivity index (χ4v) is 3.18. The summed E-state index contributed by atoms with van der Waals surface area (Å²) < 4.78 is 13.7. The summed E-state index contributed by atoms with van der Waals surface area (Å²) in [6, 6.07) is 1.32. The molecule has 0 aliphatic heterocycles. The van der Waals surface area contributed by atoms with E-state index in [4.69, 9.17) is 0 Å². The Kier molecular flexibility index (Phi) is 2.25. The van der Waals surface area contributed by atoms with Crippen LogP contribution in [0.2, 0.25) is 0 Å². The Bertz CT molecular complexity index is 713. The number of carbonyl (C=O) groups is 2. The van der Waals surface area contributed by atoms with Gasteiger partial charge in [-0.25, -0.2) is 4.39 Å². The van der Waals surface area contributed by atoms with Crippen molar-refractivity contribution in [2.45, 2.75) is 13.8 Å². The van der Waals surface area contributed by atoms with Gasteiger partial charge in [0, 0.05) is 33.0 Å². The molecule has 0 spiro atoms. The van der Waals surface area contributed by atoms with Crippen molar-refractivity contribution < 1.29 is 14.0 Å². The molecule has 1 aromatic heterocycles. The predicted molar refractivity (Wildman–Crippen MR) is 67.1 cm³/mol. The van der Waals surface area contributed by atoms with E-state index in [1.807, 2.05) is 0 Å². The summed E-state index contributed by atoms with van der Waals surface area (Å²) in [5.74, 6) is -0.867. The average Bonchev–Trinajstić information content (AvgIpc) is 2.80. The van der Waals surface area contributed by atoms with Crippen molar-refractivity contribution in [3.63, 3.8) is 0 Å². The molecule has 0 N–H and O–H groups in total. The Morgan fingerprint density at radius 2 is 1.56 bits per heavy atom. The summed E-state index contributed by atoms with van der Waals surface area (Å²) in [4.78, 5) is 24.7. The van der Waals surface area contributed by atoms with Gasteiger partial charge in [-0.05, 0) is 31.0 Å². The highest BCUT2D eigenvalue weighted by Crippen LogP contribution is 2.34. The standard InChI is InChI=1S/C14H9FO2S/c1-6-3-10(15)7(2)12-11(6)13(16)8-4-18-5-9(8)14(12)17/h3-5H,1-2H3. The molecular weight excluding hydrogens is 251 g/mol. The molecule has 4 heteroatoms. The molecule has 1 aliphatic carbocycles. The Morgan fingerprint density at radius 3 is 2.17 bits per heavy atom. The van der Waals surface area contributed by atoms with Gasteiger partial charge in [0.15, 0.2) is 11.6 Å². The van der Waals surface area contributed by atoms with E-state index >= 15 is 0 Å². The minimum Gasteiger partial charge on any atom is -0.289 e. The summed E-state index contributed by atoms with van der Waals surface area (Å²) in [6.45, 7) is 3.19. The van der Waals surface area contributed by atoms with Gasteiger partial charge in [0.25, 0.3) is 0 Å². The highest BCUT2D eigenvalue weighted by atomic mass is 32.1. The van der Waals surface area contributed by atoms with Crippen molar-refractivity contribution in [1.82, 2.24) is 0 Å². The normalized spacial score (nSPS) is 13.5. The molecule has 0 atom stereocenters. The van der Waals surface area contributed by atoms with Crippen LogP contribution >= 0.6 is 11.3 Å². The lowest BCUT2D eigenvalue weighted by Gasteiger charge is -2.19. The SMILES string of the molecule is Cc1cc(F)c(C)c2c1C(=O)c1cscc1C2=O. The van der Waals surface area contributed by atoms with Crippen LogP contribution in [-0.2, 0) is 0 Å². The van der Waals surface area contributed by atoms with Crippen molar-refractivity contribution in [2.75, 3.05) is 0 Å². The number of hydrogen-bond acceptors (Lipinski definition) is 3. The van der Waals surface area contributed by atoms with Gasteiger partial charge in [-0.3, -0.25) is 9.59 Å². The first kappa shape index (κ1) is 11.3. The molecular formula is C14H9FO2S. The van der Waals surface area contributed by atoms with Crippen molar-refractivity contribution >= 4 is 22.9 Å². The molecule has 2 aromatic rings. The van der Waals surface area contributed by atoms with Gasteiger partial charge in [0.1, 0.15) is 5.82 Å². The molecule has 0 unspecified atom stereocenters. The molecule has 90 valence electrons. The van der Waals surface area contributed by atoms with Crippen molar-refractivity contribution in [3.05, 3.63) is 56.0 Å². The van der Waals surface area contributed by atoms with Gasteiger partial charge < -0.3 is 0 Å². The van der Waals surface area contributed by atoms with E-state index in [0.29, 0.717) is 22.3 Å². The van der Waals surface area contributed by atoms with Gasteiger partial charge in [0.2, 0.25) is 0 Å². The van der Waals surface area contributed by atoms with E-state index in [1.54, 1.807) is 17.7 Å². The first-order valence-corrected chi connectivity index (χ1v) is 6.42. The molecule has 1 aliphatic rings. The first-order chi connectivity index (χ1) is 8.52. The quantitative estimate of drug-likeness (QED) is 0.621. The number of ketones is 2. The number of fused-ring (bicyclic) bond motifs is 2. The van der Waals surface area contributed by atoms with Gasteiger partial charge in [-0.15, -0.1) is 0 Å². The predicted octanol–water partition coefficient (Wildman–Crippen LogP) is 3.28. The molecule has 0 bridgehead atoms. The van der Waals surface area contributed by atoms with Crippen LogP contribution in [-0.4, -0.2) is 11.6 Å². The monoisotopic (exact) mass is 260 g/mol. The van der Waals surface area contributed by atoms with Crippen LogP contribution in [0, 0.1) is 19.7 Å². The Balaban J connectivity index is 2.43. The molecule has 3 rings (SSSR count). The van der Waals surface area contributed by atoms with Gasteiger partial charge in [-0.2, -0.15) is 11.3 Å². The highest BCUT2D eigenvalue weighted by Gasteiger charge is 2.33. The van der Waals surface area contributed by atoms with Gasteiger partial charge in [0.05, 0.1) is 0 Å². The summed E-state index contributed by atoms with van der Waals surface area (Å²) >= 11 is 1.31. The maximum Gasteiger partial charge on any atom is 0.195 e. The van der Waals surface area contributed by atoms with Crippen LogP contribution in [0.3, 0.4) is 0 Å². The van der Waals surface area contributed by atoms with E-state index in [9.17, 15) is 14.0 Å². The molecule has 18 heavy (non-hydrogen) atoms. The Labute approximate surface area is 107 Å². The lowest BCUT2D eigenvalue weighted by atomic mass is 9.82. The second-order valence-corrected chi connectivity index (χ2v) is 5.15. The van der Waals surface area contributed by atoms with E-state index in [0.717, 1.165) is 0 Å². The largest absolute Gasteiger partial charge is 0.289 e. The number of benzene rings is 1. The summed E-state index contributed by atoms with van der Waals surface area (Å²) in [5, 5.41) is 3.33. The molecule has 0 amide bonds. The van der Waals surface area contributed by atoms with Crippen molar-refractivity contribution in [3.8, 4) is 0 Å². The number of thiophene rings is 1. The molecule has 0 radical (unpaired) electrons. The molecule has 0 saturated carbocycles. The topological polar surface area (TPSA) is 34.1 Å². The minimum absolute atomic E-state index is 0.179. The third kappa shape index (κ3) is 1.26. The summed E-state index contributed by atoms with van der Waals surface area (Å²) in [6.07, 6.45) is 0. The number of aryl methyl sites for hydroxylation is 1. The van der Waals surface area contributed by atoms with Crippen molar-refractivity contribution in [1.29, 1.82) is 0 Å². The summed E-state index contributed by atoms with van der Waals surface area (Å²) in [5.41, 5.74) is 2.18. The van der Waals surface area contributed by atoms with Gasteiger partial charge >= 0.3 is 0 Å². The highest BCUT2D eigenvalue weighted by molar-refractivity contribution is 7.08. The average molecular weight is 260 g/mol. The molecule has 0 saturated heterocycles. The zero-order valence-electron chi connectivity index (χ0n) is 9.83. The van der Waals surface area contributed by atoms with Crippen LogP contribution < -0.4 is 0 Å². The van der Waals surface area contributed by atoms with Crippen LogP contribution in [0.1, 0.15) is 43.0 Å². The third-order valence-corrected chi connectivity index (χ3v) is 4.07. The molecule has 1 aromatic carbocycles. The van der Waals surface area contributed by atoms with E-state index < -0.39 is 5.82 Å². The smallest absolute Gasteiger partial charge is 0.195 e. The zero-order chi connectivity index (χ0) is 13.0. The lowest BCUT2D eigenvalue weighted by Crippen LogP contribution is -2.22. The van der Waals surface area contributed by atoms with Gasteiger partial charge in [-0.1, -0.05) is 0 Å². The number of hydrogen-bond donors (Lipinski definition) is 0. The van der Waals surface area contributed by atoms with E-state index in [1.165, 1.54) is 24.3 Å². The fraction of sp³-hybridized carbons (Fsp3) is 0.143. The fourth-order valence-electron chi connectivity index (χ4n) is 2.37. The molecule has 1 heterocycles. The van der Waals surface area contributed by atoms with Crippen LogP contribution in [0.15, 0.2) is 16.8 Å². The van der Waals surface area contributed by atoms with Crippen molar-refractivity contribution in [2.24, 2.45) is 0 Å². The maximum atomic E-state index is 13.7. The summed E-state index contributed by atoms with van der Waals surface area (Å²) in [7, 11) is 0. The van der Waals surface area contributed by atoms with Crippen LogP contribution in [0.4, 0.5) is 4.39 Å². The van der Waals surface area contributed by atoms with Crippen LogP contribution in [0.5, 0.6) is 0 Å². The van der Waals surface area contributed by atoms with Crippen LogP contribution in [0.25, 0.3) is 0 Å². The second kappa shape index (κ2) is 3.59. The number of halogens is 1. The number of carbonyl (C=O) groups excluding carboxylic acids is 2. The number of rotatable bonds is 0. The molecule has 0 fully saturated rings. The van der Waals surface area contributed by atoms with E-state index in [2.05, 4.69) is 0 Å². The Morgan fingerprint density at radius 1 is 1.00 bits per heavy atom. The molecule has 2 nitrogen and oxygen atoms in total. The lowest BCUT2D eigenvalue weighted by molar-refractivity contribution is 0.0978. The zero-order valence-corrected chi connectivity index (χ0v) is 10.7. The first-order valence-electron chi connectivity index (χ1n) is 5.47.